The maximum absolute atomic E-state index is 3.92. The van der Waals surface area contributed by atoms with Crippen molar-refractivity contribution in [1.29, 1.82) is 0 Å². The molecule has 0 N–H and O–H groups in total. The first kappa shape index (κ1) is 16.2. The zero-order valence-electron chi connectivity index (χ0n) is 12.4. The van der Waals surface area contributed by atoms with Gasteiger partial charge in [0.2, 0.25) is 0 Å². The molecule has 0 aromatic carbocycles. The van der Waals surface area contributed by atoms with Gasteiger partial charge in [0, 0.05) is 0 Å². The minimum Gasteiger partial charge on any atom is -0.0988 e. The molecule has 0 aromatic rings. The van der Waals surface area contributed by atoms with Gasteiger partial charge >= 0.3 is 0 Å². The topological polar surface area (TPSA) is 0 Å². The predicted molar refractivity (Wildman–Crippen MR) is 80.2 cm³/mol. The minimum absolute atomic E-state index is 0.742. The van der Waals surface area contributed by atoms with Gasteiger partial charge in [-0.2, -0.15) is 0 Å². The Morgan fingerprint density at radius 1 is 1.12 bits per heavy atom. The summed E-state index contributed by atoms with van der Waals surface area (Å²) in [7, 11) is 0. The molecule has 0 bridgehead atoms. The summed E-state index contributed by atoms with van der Waals surface area (Å²) in [6.45, 7) is 15.2. The van der Waals surface area contributed by atoms with Crippen molar-refractivity contribution in [2.75, 3.05) is 0 Å². The molecule has 0 rings (SSSR count). The summed E-state index contributed by atoms with van der Waals surface area (Å²) in [6.07, 6.45) is 11.4. The second-order valence-corrected chi connectivity index (χ2v) is 5.65. The Morgan fingerprint density at radius 2 is 1.76 bits per heavy atom. The van der Waals surface area contributed by atoms with E-state index >= 15 is 0 Å². The van der Waals surface area contributed by atoms with Crippen LogP contribution in [-0.4, -0.2) is 0 Å². The summed E-state index contributed by atoms with van der Waals surface area (Å²) in [6, 6.07) is 0. The second kappa shape index (κ2) is 9.27. The highest BCUT2D eigenvalue weighted by Crippen LogP contribution is 2.18. The van der Waals surface area contributed by atoms with E-state index in [-0.39, 0.29) is 0 Å². The first-order valence-electron chi connectivity index (χ1n) is 6.98. The third-order valence-corrected chi connectivity index (χ3v) is 2.94. The Labute approximate surface area is 109 Å². The van der Waals surface area contributed by atoms with Gasteiger partial charge in [0.25, 0.3) is 0 Å². The zero-order chi connectivity index (χ0) is 13.3. The van der Waals surface area contributed by atoms with Gasteiger partial charge < -0.3 is 0 Å². The molecule has 0 saturated heterocycles. The molecule has 0 heterocycles. The summed E-state index contributed by atoms with van der Waals surface area (Å²) < 4.78 is 0. The summed E-state index contributed by atoms with van der Waals surface area (Å²) in [5, 5.41) is 0. The van der Waals surface area contributed by atoms with Crippen molar-refractivity contribution < 1.29 is 0 Å². The van der Waals surface area contributed by atoms with Crippen LogP contribution in [0.5, 0.6) is 0 Å². The van der Waals surface area contributed by atoms with Gasteiger partial charge in [-0.05, 0) is 37.2 Å². The van der Waals surface area contributed by atoms with Crippen molar-refractivity contribution in [3.63, 3.8) is 0 Å². The fourth-order valence-electron chi connectivity index (χ4n) is 2.18. The number of rotatable bonds is 8. The Bertz CT molecular complexity index is 266. The molecule has 17 heavy (non-hydrogen) atoms. The first-order valence-corrected chi connectivity index (χ1v) is 6.98. The number of hydrogen-bond acceptors (Lipinski definition) is 0. The summed E-state index contributed by atoms with van der Waals surface area (Å²) >= 11 is 0. The molecule has 98 valence electrons. The molecule has 0 aliphatic carbocycles. The van der Waals surface area contributed by atoms with Gasteiger partial charge in [-0.25, -0.2) is 0 Å². The van der Waals surface area contributed by atoms with Gasteiger partial charge in [0.05, 0.1) is 0 Å². The van der Waals surface area contributed by atoms with E-state index in [0.29, 0.717) is 0 Å². The van der Waals surface area contributed by atoms with Crippen LogP contribution in [0, 0.1) is 11.8 Å². The van der Waals surface area contributed by atoms with Crippen LogP contribution in [-0.2, 0) is 0 Å². The highest BCUT2D eigenvalue weighted by Gasteiger charge is 2.02. The average molecular weight is 234 g/mol. The SMILES string of the molecule is C=C/C(=C\C=C(/C)CC(C)C)CC(C)CCC. The van der Waals surface area contributed by atoms with Crippen LogP contribution in [0.15, 0.2) is 36.0 Å². The third-order valence-electron chi connectivity index (χ3n) is 2.94. The van der Waals surface area contributed by atoms with Crippen molar-refractivity contribution in [3.8, 4) is 0 Å². The lowest BCUT2D eigenvalue weighted by Crippen LogP contribution is -1.95. The summed E-state index contributed by atoms with van der Waals surface area (Å²) in [5.74, 6) is 1.51. The Morgan fingerprint density at radius 3 is 2.24 bits per heavy atom. The number of hydrogen-bond donors (Lipinski definition) is 0. The molecule has 1 unspecified atom stereocenters. The normalized spacial score (nSPS) is 15.2. The molecule has 0 saturated carbocycles. The zero-order valence-corrected chi connectivity index (χ0v) is 12.4. The van der Waals surface area contributed by atoms with Gasteiger partial charge in [-0.15, -0.1) is 0 Å². The quantitative estimate of drug-likeness (QED) is 0.457. The highest BCUT2D eigenvalue weighted by atomic mass is 14.1. The highest BCUT2D eigenvalue weighted by molar-refractivity contribution is 5.24. The lowest BCUT2D eigenvalue weighted by atomic mass is 9.96. The third kappa shape index (κ3) is 8.97. The maximum Gasteiger partial charge on any atom is -0.0253 e. The molecule has 0 heteroatoms. The van der Waals surface area contributed by atoms with Crippen LogP contribution in [0.1, 0.15) is 60.3 Å². The van der Waals surface area contributed by atoms with E-state index < -0.39 is 0 Å². The molecule has 0 spiro atoms. The smallest absolute Gasteiger partial charge is 0.0253 e. The van der Waals surface area contributed by atoms with Crippen LogP contribution in [0.25, 0.3) is 0 Å². The average Bonchev–Trinajstić information content (AvgIpc) is 2.23. The molecule has 0 aliphatic rings. The van der Waals surface area contributed by atoms with Crippen molar-refractivity contribution in [1.82, 2.24) is 0 Å². The Hall–Kier alpha value is -0.780. The lowest BCUT2D eigenvalue weighted by molar-refractivity contribution is 0.524. The van der Waals surface area contributed by atoms with E-state index in [9.17, 15) is 0 Å². The van der Waals surface area contributed by atoms with E-state index in [1.165, 1.54) is 30.4 Å². The van der Waals surface area contributed by atoms with Crippen molar-refractivity contribution >= 4 is 0 Å². The standard InChI is InChI=1S/C17H30/c1-7-9-15(5)13-17(8-2)11-10-16(6)12-14(3)4/h8,10-11,14-15H,2,7,9,12-13H2,1,3-6H3/b16-10+,17-11+. The lowest BCUT2D eigenvalue weighted by Gasteiger charge is -2.10. The molecule has 1 atom stereocenters. The van der Waals surface area contributed by atoms with E-state index in [4.69, 9.17) is 0 Å². The van der Waals surface area contributed by atoms with Crippen LogP contribution >= 0.6 is 0 Å². The fraction of sp³-hybridized carbons (Fsp3) is 0.647. The van der Waals surface area contributed by atoms with Gasteiger partial charge in [0.15, 0.2) is 0 Å². The van der Waals surface area contributed by atoms with Crippen LogP contribution in [0.3, 0.4) is 0 Å². The maximum atomic E-state index is 3.92. The summed E-state index contributed by atoms with van der Waals surface area (Å²) in [5.41, 5.74) is 2.83. The Kier molecular flexibility index (Phi) is 8.85. The first-order chi connectivity index (χ1) is 7.99. The van der Waals surface area contributed by atoms with E-state index in [0.717, 1.165) is 18.3 Å². The van der Waals surface area contributed by atoms with Crippen LogP contribution in [0.4, 0.5) is 0 Å². The monoisotopic (exact) mass is 234 g/mol. The minimum atomic E-state index is 0.742. The van der Waals surface area contributed by atoms with Gasteiger partial charge in [0.1, 0.15) is 0 Å². The van der Waals surface area contributed by atoms with Crippen molar-refractivity contribution in [2.45, 2.75) is 60.3 Å². The molecule has 0 nitrogen and oxygen atoms in total. The molecular weight excluding hydrogens is 204 g/mol. The van der Waals surface area contributed by atoms with Gasteiger partial charge in [-0.1, -0.05) is 70.9 Å². The number of allylic oxidation sites excluding steroid dienone is 5. The molecule has 0 aliphatic heterocycles. The molecule has 0 aromatic heterocycles. The van der Waals surface area contributed by atoms with E-state index in [1.54, 1.807) is 0 Å². The molecular formula is C17H30. The molecule has 0 fully saturated rings. The van der Waals surface area contributed by atoms with Crippen molar-refractivity contribution in [2.24, 2.45) is 11.8 Å². The van der Waals surface area contributed by atoms with Gasteiger partial charge in [-0.3, -0.25) is 0 Å². The Balaban J connectivity index is 4.39. The summed E-state index contributed by atoms with van der Waals surface area (Å²) in [4.78, 5) is 0. The van der Waals surface area contributed by atoms with Crippen molar-refractivity contribution in [3.05, 3.63) is 36.0 Å². The van der Waals surface area contributed by atoms with Crippen LogP contribution < -0.4 is 0 Å². The predicted octanol–water partition coefficient (Wildman–Crippen LogP) is 5.92. The van der Waals surface area contributed by atoms with E-state index in [2.05, 4.69) is 53.3 Å². The fourth-order valence-corrected chi connectivity index (χ4v) is 2.18. The second-order valence-electron chi connectivity index (χ2n) is 5.65. The van der Waals surface area contributed by atoms with E-state index in [1.807, 2.05) is 6.08 Å². The molecule has 0 amide bonds. The molecule has 0 radical (unpaired) electrons. The van der Waals surface area contributed by atoms with Crippen LogP contribution in [0.2, 0.25) is 0 Å². The largest absolute Gasteiger partial charge is 0.0988 e.